The van der Waals surface area contributed by atoms with Gasteiger partial charge in [-0.15, -0.1) is 11.8 Å². The molecule has 3 aromatic rings. The Kier molecular flexibility index (Phi) is 7.08. The van der Waals surface area contributed by atoms with Crippen molar-refractivity contribution in [1.29, 1.82) is 0 Å². The van der Waals surface area contributed by atoms with Crippen molar-refractivity contribution in [3.8, 4) is 0 Å². The Hall–Kier alpha value is -1.86. The molecule has 1 aromatic carbocycles. The third kappa shape index (κ3) is 4.86. The molecule has 0 spiro atoms. The van der Waals surface area contributed by atoms with Gasteiger partial charge in [0.2, 0.25) is 0 Å². The predicted molar refractivity (Wildman–Crippen MR) is 108 cm³/mol. The number of benzene rings is 1. The van der Waals surface area contributed by atoms with Crippen molar-refractivity contribution in [2.45, 2.75) is 48.9 Å². The maximum absolute atomic E-state index is 12.6. The number of imidazole rings is 1. The van der Waals surface area contributed by atoms with Crippen LogP contribution >= 0.6 is 23.5 Å². The van der Waals surface area contributed by atoms with E-state index in [1.165, 1.54) is 54.8 Å². The first-order chi connectivity index (χ1) is 12.8. The minimum atomic E-state index is -0.118. The fraction of sp³-hybridized carbons (Fsp3) is 0.368. The lowest BCUT2D eigenvalue weighted by molar-refractivity contribution is 0.262. The maximum atomic E-state index is 12.6. The van der Waals surface area contributed by atoms with Crippen LogP contribution in [-0.4, -0.2) is 30.5 Å². The van der Waals surface area contributed by atoms with Crippen LogP contribution in [0.5, 0.6) is 0 Å². The Morgan fingerprint density at radius 1 is 1.04 bits per heavy atom. The van der Waals surface area contributed by atoms with Gasteiger partial charge in [-0.25, -0.2) is 19.5 Å². The summed E-state index contributed by atoms with van der Waals surface area (Å²) in [5.41, 5.74) is 1.27. The summed E-state index contributed by atoms with van der Waals surface area (Å²) in [4.78, 5) is 26.5. The zero-order valence-electron chi connectivity index (χ0n) is 14.8. The lowest BCUT2D eigenvalue weighted by Crippen LogP contribution is -2.04. The predicted octanol–water partition coefficient (Wildman–Crippen LogP) is 5.65. The van der Waals surface area contributed by atoms with Crippen molar-refractivity contribution in [2.75, 3.05) is 5.75 Å². The number of aromatic nitrogens is 4. The topological polar surface area (TPSA) is 60.7 Å². The molecular weight excluding hydrogens is 364 g/mol. The highest BCUT2D eigenvalue weighted by Gasteiger charge is 2.16. The van der Waals surface area contributed by atoms with E-state index in [1.54, 1.807) is 18.1 Å². The van der Waals surface area contributed by atoms with E-state index in [-0.39, 0.29) is 5.24 Å². The second-order valence-electron chi connectivity index (χ2n) is 5.91. The van der Waals surface area contributed by atoms with Gasteiger partial charge in [-0.2, -0.15) is 0 Å². The van der Waals surface area contributed by atoms with E-state index in [2.05, 4.69) is 21.9 Å². The molecule has 0 N–H and O–H groups in total. The van der Waals surface area contributed by atoms with Gasteiger partial charge >= 0.3 is 0 Å². The summed E-state index contributed by atoms with van der Waals surface area (Å²) in [7, 11) is 0. The average Bonchev–Trinajstić information content (AvgIpc) is 3.10. The molecule has 0 radical (unpaired) electrons. The van der Waals surface area contributed by atoms with E-state index in [0.717, 1.165) is 15.7 Å². The smallest absolute Gasteiger partial charge is 0.260 e. The van der Waals surface area contributed by atoms with Gasteiger partial charge < -0.3 is 0 Å². The average molecular weight is 387 g/mol. The molecule has 0 aliphatic rings. The highest BCUT2D eigenvalue weighted by molar-refractivity contribution is 8.13. The molecular formula is C19H22N4OS2. The molecule has 3 rings (SSSR count). The number of rotatable bonds is 8. The molecule has 5 nitrogen and oxygen atoms in total. The first kappa shape index (κ1) is 18.9. The SMILES string of the molecule is CCCCCCCSc1ncnc2c1ncn2C(=O)Sc1ccccc1. The van der Waals surface area contributed by atoms with Crippen LogP contribution in [0.3, 0.4) is 0 Å². The molecule has 0 atom stereocenters. The molecule has 0 saturated heterocycles. The summed E-state index contributed by atoms with van der Waals surface area (Å²) in [6.07, 6.45) is 9.31. The van der Waals surface area contributed by atoms with E-state index < -0.39 is 0 Å². The molecule has 0 unspecified atom stereocenters. The van der Waals surface area contributed by atoms with E-state index in [4.69, 9.17) is 0 Å². The normalized spacial score (nSPS) is 11.1. The number of carbonyl (C=O) groups excluding carboxylic acids is 1. The van der Waals surface area contributed by atoms with Gasteiger partial charge in [0.15, 0.2) is 5.65 Å². The molecule has 26 heavy (non-hydrogen) atoms. The van der Waals surface area contributed by atoms with Gasteiger partial charge in [0.25, 0.3) is 5.24 Å². The van der Waals surface area contributed by atoms with Gasteiger partial charge in [0.1, 0.15) is 23.2 Å². The van der Waals surface area contributed by atoms with Crippen molar-refractivity contribution < 1.29 is 4.79 Å². The molecule has 7 heteroatoms. The number of carbonyl (C=O) groups is 1. The summed E-state index contributed by atoms with van der Waals surface area (Å²) < 4.78 is 1.50. The van der Waals surface area contributed by atoms with Crippen LogP contribution < -0.4 is 0 Å². The summed E-state index contributed by atoms with van der Waals surface area (Å²) >= 11 is 2.86. The van der Waals surface area contributed by atoms with Crippen LogP contribution in [-0.2, 0) is 0 Å². The second-order valence-corrected chi connectivity index (χ2v) is 8.02. The number of fused-ring (bicyclic) bond motifs is 1. The lowest BCUT2D eigenvalue weighted by atomic mass is 10.2. The zero-order chi connectivity index (χ0) is 18.2. The molecule has 0 bridgehead atoms. The van der Waals surface area contributed by atoms with Crippen LogP contribution in [0.25, 0.3) is 11.2 Å². The minimum absolute atomic E-state index is 0.118. The van der Waals surface area contributed by atoms with Crippen LogP contribution in [0.1, 0.15) is 39.0 Å². The van der Waals surface area contributed by atoms with Gasteiger partial charge in [-0.3, -0.25) is 4.79 Å². The van der Waals surface area contributed by atoms with Gasteiger partial charge in [-0.1, -0.05) is 50.8 Å². The number of nitrogens with zero attached hydrogens (tertiary/aromatic N) is 4. The Bertz CT molecular complexity index is 851. The van der Waals surface area contributed by atoms with Crippen molar-refractivity contribution in [2.24, 2.45) is 0 Å². The first-order valence-electron chi connectivity index (χ1n) is 8.87. The molecule has 0 saturated carbocycles. The lowest BCUT2D eigenvalue weighted by Gasteiger charge is -2.04. The minimum Gasteiger partial charge on any atom is -0.260 e. The highest BCUT2D eigenvalue weighted by atomic mass is 32.2. The van der Waals surface area contributed by atoms with Crippen molar-refractivity contribution in [3.05, 3.63) is 43.0 Å². The molecule has 2 aromatic heterocycles. The second kappa shape index (κ2) is 9.73. The Morgan fingerprint density at radius 3 is 2.65 bits per heavy atom. The van der Waals surface area contributed by atoms with E-state index >= 15 is 0 Å². The quantitative estimate of drug-likeness (QED) is 0.283. The standard InChI is InChI=1S/C19H22N4OS2/c1-2-3-4-5-9-12-25-18-16-17(20-13-21-18)23(14-22-16)19(24)26-15-10-7-6-8-11-15/h6-8,10-11,13-14H,2-5,9,12H2,1H3. The van der Waals surface area contributed by atoms with Crippen molar-refractivity contribution >= 4 is 39.9 Å². The van der Waals surface area contributed by atoms with Crippen LogP contribution in [0.2, 0.25) is 0 Å². The Balaban J connectivity index is 1.67. The summed E-state index contributed by atoms with van der Waals surface area (Å²) in [5, 5.41) is 0.731. The summed E-state index contributed by atoms with van der Waals surface area (Å²) in [6.45, 7) is 2.22. The van der Waals surface area contributed by atoms with E-state index in [0.29, 0.717) is 11.2 Å². The first-order valence-corrected chi connectivity index (χ1v) is 10.7. The van der Waals surface area contributed by atoms with Crippen LogP contribution in [0.15, 0.2) is 52.9 Å². The van der Waals surface area contributed by atoms with Gasteiger partial charge in [-0.05, 0) is 36.1 Å². The Labute approximate surface area is 162 Å². The van der Waals surface area contributed by atoms with Crippen molar-refractivity contribution in [1.82, 2.24) is 19.5 Å². The molecule has 2 heterocycles. The van der Waals surface area contributed by atoms with Crippen LogP contribution in [0, 0.1) is 0 Å². The Morgan fingerprint density at radius 2 is 1.85 bits per heavy atom. The number of unbranched alkanes of at least 4 members (excludes halogenated alkanes) is 4. The zero-order valence-corrected chi connectivity index (χ0v) is 16.4. The van der Waals surface area contributed by atoms with Crippen LogP contribution in [0.4, 0.5) is 4.79 Å². The fourth-order valence-electron chi connectivity index (χ4n) is 2.57. The number of thioether (sulfide) groups is 2. The fourth-order valence-corrected chi connectivity index (χ4v) is 4.24. The highest BCUT2D eigenvalue weighted by Crippen LogP contribution is 2.27. The van der Waals surface area contributed by atoms with E-state index in [1.807, 2.05) is 30.3 Å². The van der Waals surface area contributed by atoms with E-state index in [9.17, 15) is 4.79 Å². The molecule has 0 amide bonds. The summed E-state index contributed by atoms with van der Waals surface area (Å²) in [5.74, 6) is 1.01. The number of hydrogen-bond acceptors (Lipinski definition) is 6. The molecule has 0 aliphatic carbocycles. The van der Waals surface area contributed by atoms with Gasteiger partial charge in [0, 0.05) is 4.90 Å². The third-order valence-corrected chi connectivity index (χ3v) is 5.88. The van der Waals surface area contributed by atoms with Gasteiger partial charge in [0.05, 0.1) is 0 Å². The number of hydrogen-bond donors (Lipinski definition) is 0. The third-order valence-electron chi connectivity index (χ3n) is 3.93. The monoisotopic (exact) mass is 386 g/mol. The molecule has 0 aliphatic heterocycles. The molecule has 136 valence electrons. The summed E-state index contributed by atoms with van der Waals surface area (Å²) in [6, 6.07) is 9.59. The van der Waals surface area contributed by atoms with Crippen molar-refractivity contribution in [3.63, 3.8) is 0 Å². The largest absolute Gasteiger partial charge is 0.297 e. The molecule has 0 fully saturated rings. The maximum Gasteiger partial charge on any atom is 0.297 e.